The van der Waals surface area contributed by atoms with Crippen LogP contribution in [-0.2, 0) is 21.2 Å². The Balaban J connectivity index is 1.91. The summed E-state index contributed by atoms with van der Waals surface area (Å²) in [4.78, 5) is 13.4. The van der Waals surface area contributed by atoms with E-state index >= 15 is 0 Å². The van der Waals surface area contributed by atoms with E-state index in [2.05, 4.69) is 10.0 Å². The van der Waals surface area contributed by atoms with Crippen LogP contribution in [0.25, 0.3) is 0 Å². The van der Waals surface area contributed by atoms with Crippen LogP contribution in [0.3, 0.4) is 0 Å². The van der Waals surface area contributed by atoms with Crippen LogP contribution in [0, 0.1) is 27.7 Å². The third-order valence-corrected chi connectivity index (χ3v) is 6.64. The number of hydrogen-bond donors (Lipinski definition) is 2. The van der Waals surface area contributed by atoms with Crippen LogP contribution >= 0.6 is 0 Å². The lowest BCUT2D eigenvalue weighted by Gasteiger charge is -2.21. The van der Waals surface area contributed by atoms with Crippen molar-refractivity contribution in [2.45, 2.75) is 45.1 Å². The molecule has 2 N–H and O–H groups in total. The Morgan fingerprint density at radius 3 is 2.00 bits per heavy atom. The van der Waals surface area contributed by atoms with Crippen molar-refractivity contribution < 1.29 is 13.2 Å². The summed E-state index contributed by atoms with van der Waals surface area (Å²) in [5.41, 5.74) is 5.52. The first-order valence-electron chi connectivity index (χ1n) is 10.2. The Hall–Kier alpha value is -2.96. The van der Waals surface area contributed by atoms with E-state index in [-0.39, 0.29) is 11.3 Å². The minimum atomic E-state index is -3.87. The highest BCUT2D eigenvalue weighted by Crippen LogP contribution is 2.22. The van der Waals surface area contributed by atoms with Crippen molar-refractivity contribution in [2.75, 3.05) is 5.32 Å². The fourth-order valence-electron chi connectivity index (χ4n) is 3.60. The molecule has 3 aromatic rings. The summed E-state index contributed by atoms with van der Waals surface area (Å²) in [5.74, 6) is -0.394. The van der Waals surface area contributed by atoms with Gasteiger partial charge >= 0.3 is 0 Å². The van der Waals surface area contributed by atoms with Crippen molar-refractivity contribution in [1.82, 2.24) is 4.72 Å². The van der Waals surface area contributed by atoms with Crippen molar-refractivity contribution >= 4 is 21.6 Å². The summed E-state index contributed by atoms with van der Waals surface area (Å²) >= 11 is 0. The third-order valence-electron chi connectivity index (χ3n) is 5.15. The lowest BCUT2D eigenvalue weighted by Crippen LogP contribution is -2.45. The molecule has 0 spiro atoms. The lowest BCUT2D eigenvalue weighted by molar-refractivity contribution is -0.117. The lowest BCUT2D eigenvalue weighted by atomic mass is 10.0. The minimum Gasteiger partial charge on any atom is -0.324 e. The summed E-state index contributed by atoms with van der Waals surface area (Å²) in [7, 11) is -3.87. The van der Waals surface area contributed by atoms with Crippen LogP contribution in [-0.4, -0.2) is 20.4 Å². The zero-order valence-electron chi connectivity index (χ0n) is 18.3. The number of aryl methyl sites for hydroxylation is 4. The molecule has 3 aromatic carbocycles. The van der Waals surface area contributed by atoms with Gasteiger partial charge in [0, 0.05) is 5.69 Å². The number of hydrogen-bond acceptors (Lipinski definition) is 3. The van der Waals surface area contributed by atoms with E-state index < -0.39 is 22.0 Å². The second kappa shape index (κ2) is 9.45. The van der Waals surface area contributed by atoms with Gasteiger partial charge < -0.3 is 5.32 Å². The molecule has 0 aliphatic heterocycles. The molecule has 0 bridgehead atoms. The van der Waals surface area contributed by atoms with E-state index in [1.807, 2.05) is 70.2 Å². The number of carbonyl (C=O) groups is 1. The maximum absolute atomic E-state index is 13.2. The molecule has 6 heteroatoms. The van der Waals surface area contributed by atoms with E-state index in [4.69, 9.17) is 0 Å². The number of benzene rings is 3. The van der Waals surface area contributed by atoms with Gasteiger partial charge in [-0.25, -0.2) is 8.42 Å². The van der Waals surface area contributed by atoms with Gasteiger partial charge in [-0.2, -0.15) is 4.72 Å². The van der Waals surface area contributed by atoms with Gasteiger partial charge in [0.2, 0.25) is 15.9 Å². The largest absolute Gasteiger partial charge is 0.324 e. The fourth-order valence-corrected chi connectivity index (χ4v) is 4.79. The van der Waals surface area contributed by atoms with Gasteiger partial charge in [0.1, 0.15) is 6.04 Å². The van der Waals surface area contributed by atoms with Gasteiger partial charge in [-0.15, -0.1) is 0 Å². The molecule has 0 fully saturated rings. The average Bonchev–Trinajstić information content (AvgIpc) is 2.71. The Labute approximate surface area is 184 Å². The van der Waals surface area contributed by atoms with E-state index in [0.29, 0.717) is 5.69 Å². The smallest absolute Gasteiger partial charge is 0.242 e. The Bertz CT molecular complexity index is 1150. The van der Waals surface area contributed by atoms with E-state index in [0.717, 1.165) is 27.8 Å². The van der Waals surface area contributed by atoms with Crippen LogP contribution in [0.5, 0.6) is 0 Å². The second-order valence-electron chi connectivity index (χ2n) is 7.94. The van der Waals surface area contributed by atoms with Gasteiger partial charge in [0.05, 0.1) is 4.90 Å². The van der Waals surface area contributed by atoms with Crippen LogP contribution in [0.4, 0.5) is 5.69 Å². The van der Waals surface area contributed by atoms with Crippen LogP contribution in [0.2, 0.25) is 0 Å². The molecule has 1 unspecified atom stereocenters. The van der Waals surface area contributed by atoms with E-state index in [9.17, 15) is 13.2 Å². The molecule has 0 aromatic heterocycles. The molecule has 31 heavy (non-hydrogen) atoms. The standard InChI is InChI=1S/C25H28N2O3S/c1-17-10-12-22(13-11-17)31(29,30)27-23(16-21-8-6-5-7-9-21)25(28)26-24-19(3)14-18(2)15-20(24)4/h5-15,23,27H,16H2,1-4H3,(H,26,28). The van der Waals surface area contributed by atoms with E-state index in [1.54, 1.807) is 24.3 Å². The molecule has 0 aliphatic carbocycles. The average molecular weight is 437 g/mol. The molecular weight excluding hydrogens is 408 g/mol. The SMILES string of the molecule is Cc1ccc(S(=O)(=O)NC(Cc2ccccc2)C(=O)Nc2c(C)cc(C)cc2C)cc1. The molecule has 3 rings (SSSR count). The van der Waals surface area contributed by atoms with Gasteiger partial charge in [-0.3, -0.25) is 4.79 Å². The summed E-state index contributed by atoms with van der Waals surface area (Å²) < 4.78 is 28.6. The van der Waals surface area contributed by atoms with Gasteiger partial charge in [-0.05, 0) is 62.9 Å². The molecule has 162 valence electrons. The molecule has 1 atom stereocenters. The first-order valence-corrected chi connectivity index (χ1v) is 11.7. The Morgan fingerprint density at radius 2 is 1.42 bits per heavy atom. The summed E-state index contributed by atoms with van der Waals surface area (Å²) in [6, 6.07) is 19.0. The molecule has 0 heterocycles. The van der Waals surface area contributed by atoms with Gasteiger partial charge in [0.25, 0.3) is 0 Å². The quantitative estimate of drug-likeness (QED) is 0.575. The van der Waals surface area contributed by atoms with Crippen LogP contribution in [0.15, 0.2) is 71.6 Å². The molecule has 0 saturated heterocycles. The first-order chi connectivity index (χ1) is 14.7. The highest BCUT2D eigenvalue weighted by molar-refractivity contribution is 7.89. The van der Waals surface area contributed by atoms with Crippen molar-refractivity contribution in [3.05, 3.63) is 94.5 Å². The molecule has 1 amide bonds. The summed E-state index contributed by atoms with van der Waals surface area (Å²) in [6.07, 6.45) is 0.238. The Kier molecular flexibility index (Phi) is 6.93. The number of anilines is 1. The topological polar surface area (TPSA) is 75.3 Å². The van der Waals surface area contributed by atoms with E-state index in [1.165, 1.54) is 0 Å². The summed E-state index contributed by atoms with van der Waals surface area (Å²) in [5, 5.41) is 2.94. The number of amides is 1. The van der Waals surface area contributed by atoms with Crippen molar-refractivity contribution in [3.8, 4) is 0 Å². The minimum absolute atomic E-state index is 0.131. The zero-order chi connectivity index (χ0) is 22.6. The Morgan fingerprint density at radius 1 is 0.839 bits per heavy atom. The summed E-state index contributed by atoms with van der Waals surface area (Å²) in [6.45, 7) is 7.75. The number of nitrogens with one attached hydrogen (secondary N) is 2. The van der Waals surface area contributed by atoms with Gasteiger partial charge in [0.15, 0.2) is 0 Å². The van der Waals surface area contributed by atoms with Crippen LogP contribution < -0.4 is 10.0 Å². The number of rotatable bonds is 7. The predicted molar refractivity (Wildman–Crippen MR) is 125 cm³/mol. The maximum atomic E-state index is 13.2. The second-order valence-corrected chi connectivity index (χ2v) is 9.65. The predicted octanol–water partition coefficient (Wildman–Crippen LogP) is 4.45. The normalized spacial score (nSPS) is 12.4. The highest BCUT2D eigenvalue weighted by atomic mass is 32.2. The molecule has 0 saturated carbocycles. The van der Waals surface area contributed by atoms with Gasteiger partial charge in [-0.1, -0.05) is 65.7 Å². The molecular formula is C25H28N2O3S. The first kappa shape index (κ1) is 22.7. The molecule has 0 radical (unpaired) electrons. The monoisotopic (exact) mass is 436 g/mol. The van der Waals surface area contributed by atoms with Crippen molar-refractivity contribution in [2.24, 2.45) is 0 Å². The molecule has 5 nitrogen and oxygen atoms in total. The zero-order valence-corrected chi connectivity index (χ0v) is 19.1. The highest BCUT2D eigenvalue weighted by Gasteiger charge is 2.27. The third kappa shape index (κ3) is 5.81. The number of carbonyl (C=O) groups excluding carboxylic acids is 1. The van der Waals surface area contributed by atoms with Crippen LogP contribution in [0.1, 0.15) is 27.8 Å². The number of sulfonamides is 1. The fraction of sp³-hybridized carbons (Fsp3) is 0.240. The van der Waals surface area contributed by atoms with Crippen molar-refractivity contribution in [3.63, 3.8) is 0 Å². The molecule has 0 aliphatic rings. The van der Waals surface area contributed by atoms with Crippen molar-refractivity contribution in [1.29, 1.82) is 0 Å². The maximum Gasteiger partial charge on any atom is 0.242 e.